The van der Waals surface area contributed by atoms with E-state index in [4.69, 9.17) is 11.6 Å². The van der Waals surface area contributed by atoms with Crippen LogP contribution in [-0.2, 0) is 11.3 Å². The number of hydrogen-bond acceptors (Lipinski definition) is 5. The van der Waals surface area contributed by atoms with E-state index in [1.165, 1.54) is 48.1 Å². The average Bonchev–Trinajstić information content (AvgIpc) is 2.87. The number of benzene rings is 3. The van der Waals surface area contributed by atoms with Gasteiger partial charge >= 0.3 is 11.9 Å². The minimum atomic E-state index is -1.33. The van der Waals surface area contributed by atoms with Crippen LogP contribution in [0.2, 0.25) is 5.02 Å². The lowest BCUT2D eigenvalue weighted by atomic mass is 10.1. The Balaban J connectivity index is 1.80. The third-order valence-electron chi connectivity index (χ3n) is 5.44. The van der Waals surface area contributed by atoms with Crippen molar-refractivity contribution in [3.63, 3.8) is 0 Å². The number of pyridine rings is 1. The number of nitrogens with one attached hydrogen (secondary N) is 1. The molecule has 176 valence electrons. The molecule has 1 heterocycles. The lowest BCUT2D eigenvalue weighted by molar-refractivity contribution is 0.0599. The molecule has 1 aromatic heterocycles. The van der Waals surface area contributed by atoms with Gasteiger partial charge in [-0.2, -0.15) is 0 Å². The van der Waals surface area contributed by atoms with Crippen LogP contribution in [-0.4, -0.2) is 34.6 Å². The van der Waals surface area contributed by atoms with Crippen LogP contribution in [0.15, 0.2) is 77.6 Å². The molecule has 0 saturated carbocycles. The molecule has 0 aliphatic heterocycles. The molecule has 35 heavy (non-hydrogen) atoms. The maximum Gasteiger partial charge on any atom is 0.353 e. The smallest absolute Gasteiger partial charge is 0.353 e. The summed E-state index contributed by atoms with van der Waals surface area (Å²) < 4.78 is 6.08. The first-order valence-electron chi connectivity index (χ1n) is 10.4. The first kappa shape index (κ1) is 23.7. The molecule has 3 aromatic carbocycles. The molecular formula is C26H19ClN2O6. The second-order valence-corrected chi connectivity index (χ2v) is 7.98. The van der Waals surface area contributed by atoms with Gasteiger partial charge < -0.3 is 19.7 Å². The zero-order valence-electron chi connectivity index (χ0n) is 18.4. The number of aromatic carboxylic acids is 1. The number of para-hydroxylation sites is 1. The Morgan fingerprint density at radius 3 is 2.26 bits per heavy atom. The SMILES string of the molecule is COC(=O)c1ccc(C(=O)NCc2c(C(=O)O)n(-c3ccccc3)c3cc(Cl)ccc3c2=O)cc1. The quantitative estimate of drug-likeness (QED) is 0.394. The number of methoxy groups -OCH3 is 1. The minimum Gasteiger partial charge on any atom is -0.477 e. The van der Waals surface area contributed by atoms with Gasteiger partial charge in [-0.15, -0.1) is 0 Å². The predicted octanol–water partition coefficient (Wildman–Crippen LogP) is 4.06. The largest absolute Gasteiger partial charge is 0.477 e. The second kappa shape index (κ2) is 9.82. The molecule has 1 amide bonds. The Morgan fingerprint density at radius 2 is 1.63 bits per heavy atom. The average molecular weight is 491 g/mol. The Kier molecular flexibility index (Phi) is 6.66. The molecule has 9 heteroatoms. The van der Waals surface area contributed by atoms with Crippen molar-refractivity contribution in [3.05, 3.63) is 110 Å². The number of ether oxygens (including phenoxy) is 1. The molecule has 0 saturated heterocycles. The minimum absolute atomic E-state index is 0.0873. The number of hydrogen-bond donors (Lipinski definition) is 2. The number of carbonyl (C=O) groups is 3. The van der Waals surface area contributed by atoms with E-state index in [-0.39, 0.29) is 34.3 Å². The second-order valence-electron chi connectivity index (χ2n) is 7.55. The van der Waals surface area contributed by atoms with Gasteiger partial charge in [0.25, 0.3) is 5.91 Å². The summed E-state index contributed by atoms with van der Waals surface area (Å²) in [6, 6.07) is 19.0. The summed E-state index contributed by atoms with van der Waals surface area (Å²) in [7, 11) is 1.25. The van der Waals surface area contributed by atoms with Gasteiger partial charge in [-0.05, 0) is 54.6 Å². The van der Waals surface area contributed by atoms with Crippen molar-refractivity contribution >= 4 is 40.3 Å². The van der Waals surface area contributed by atoms with Gasteiger partial charge in [0.1, 0.15) is 5.69 Å². The molecular weight excluding hydrogens is 472 g/mol. The summed E-state index contributed by atoms with van der Waals surface area (Å²) in [5.74, 6) is -2.42. The van der Waals surface area contributed by atoms with Crippen LogP contribution in [0.5, 0.6) is 0 Å². The molecule has 0 aliphatic carbocycles. The van der Waals surface area contributed by atoms with Crippen molar-refractivity contribution < 1.29 is 24.2 Å². The van der Waals surface area contributed by atoms with Crippen molar-refractivity contribution in [3.8, 4) is 5.69 Å². The summed E-state index contributed by atoms with van der Waals surface area (Å²) in [5.41, 5.74) is 0.458. The Hall–Kier alpha value is -4.43. The van der Waals surface area contributed by atoms with Crippen molar-refractivity contribution in [2.75, 3.05) is 7.11 Å². The van der Waals surface area contributed by atoms with Gasteiger partial charge in [-0.25, -0.2) is 9.59 Å². The van der Waals surface area contributed by atoms with Crippen molar-refractivity contribution in [1.82, 2.24) is 9.88 Å². The normalized spacial score (nSPS) is 10.7. The van der Waals surface area contributed by atoms with Crippen LogP contribution in [0, 0.1) is 0 Å². The van der Waals surface area contributed by atoms with Crippen molar-refractivity contribution in [2.45, 2.75) is 6.54 Å². The standard InChI is InChI=1S/C26H19ClN2O6/c1-35-26(34)16-9-7-15(8-10-16)24(31)28-14-20-22(25(32)33)29(18-5-3-2-4-6-18)21-13-17(27)11-12-19(21)23(20)30/h2-13H,14H2,1H3,(H,28,31)(H,32,33). The van der Waals surface area contributed by atoms with Crippen LogP contribution in [0.4, 0.5) is 0 Å². The molecule has 0 radical (unpaired) electrons. The zero-order valence-corrected chi connectivity index (χ0v) is 19.2. The summed E-state index contributed by atoms with van der Waals surface area (Å²) in [5, 5.41) is 13.3. The van der Waals surface area contributed by atoms with Gasteiger partial charge in [0.05, 0.1) is 23.8 Å². The summed E-state index contributed by atoms with van der Waals surface area (Å²) in [6.45, 7) is -0.330. The van der Waals surface area contributed by atoms with E-state index < -0.39 is 23.3 Å². The topological polar surface area (TPSA) is 115 Å². The zero-order chi connectivity index (χ0) is 25.1. The first-order valence-corrected chi connectivity index (χ1v) is 10.8. The maximum atomic E-state index is 13.3. The summed E-state index contributed by atoms with van der Waals surface area (Å²) in [6.07, 6.45) is 0. The lowest BCUT2D eigenvalue weighted by Gasteiger charge is -2.19. The van der Waals surface area contributed by atoms with E-state index in [0.717, 1.165) is 0 Å². The number of esters is 1. The van der Waals surface area contributed by atoms with Gasteiger partial charge in [-0.3, -0.25) is 9.59 Å². The molecule has 0 fully saturated rings. The Bertz CT molecular complexity index is 1510. The highest BCUT2D eigenvalue weighted by Crippen LogP contribution is 2.25. The summed E-state index contributed by atoms with van der Waals surface area (Å²) >= 11 is 6.16. The highest BCUT2D eigenvalue weighted by molar-refractivity contribution is 6.31. The van der Waals surface area contributed by atoms with E-state index in [2.05, 4.69) is 10.1 Å². The molecule has 4 aromatic rings. The Labute approximate surface area is 204 Å². The number of nitrogens with zero attached hydrogens (tertiary/aromatic N) is 1. The molecule has 8 nitrogen and oxygen atoms in total. The fraction of sp³-hybridized carbons (Fsp3) is 0.0769. The highest BCUT2D eigenvalue weighted by Gasteiger charge is 2.24. The van der Waals surface area contributed by atoms with Crippen molar-refractivity contribution in [1.29, 1.82) is 0 Å². The Morgan fingerprint density at radius 1 is 0.971 bits per heavy atom. The number of aromatic nitrogens is 1. The fourth-order valence-electron chi connectivity index (χ4n) is 3.79. The van der Waals surface area contributed by atoms with E-state index in [1.807, 2.05) is 0 Å². The van der Waals surface area contributed by atoms with Crippen molar-refractivity contribution in [2.24, 2.45) is 0 Å². The van der Waals surface area contributed by atoms with E-state index in [0.29, 0.717) is 16.2 Å². The summed E-state index contributed by atoms with van der Waals surface area (Å²) in [4.78, 5) is 50.0. The van der Waals surface area contributed by atoms with Crippen LogP contribution < -0.4 is 10.7 Å². The third kappa shape index (κ3) is 4.64. The van der Waals surface area contributed by atoms with E-state index >= 15 is 0 Å². The number of fused-ring (bicyclic) bond motifs is 1. The van der Waals surface area contributed by atoms with Gasteiger partial charge in [0, 0.05) is 28.2 Å². The predicted molar refractivity (Wildman–Crippen MR) is 130 cm³/mol. The van der Waals surface area contributed by atoms with Crippen LogP contribution in [0.25, 0.3) is 16.6 Å². The van der Waals surface area contributed by atoms with E-state index in [9.17, 15) is 24.3 Å². The number of rotatable bonds is 6. The van der Waals surface area contributed by atoms with Gasteiger partial charge in [-0.1, -0.05) is 29.8 Å². The highest BCUT2D eigenvalue weighted by atomic mass is 35.5. The van der Waals surface area contributed by atoms with Crippen LogP contribution in [0.1, 0.15) is 36.8 Å². The van der Waals surface area contributed by atoms with Crippen LogP contribution in [0.3, 0.4) is 0 Å². The number of carboxylic acid groups (broad SMARTS) is 1. The van der Waals surface area contributed by atoms with Gasteiger partial charge in [0.15, 0.2) is 5.43 Å². The van der Waals surface area contributed by atoms with Crippen LogP contribution >= 0.6 is 11.6 Å². The number of carbonyl (C=O) groups excluding carboxylic acids is 2. The molecule has 4 rings (SSSR count). The fourth-order valence-corrected chi connectivity index (χ4v) is 3.95. The monoisotopic (exact) mass is 490 g/mol. The van der Waals surface area contributed by atoms with E-state index in [1.54, 1.807) is 36.4 Å². The molecule has 0 bridgehead atoms. The van der Waals surface area contributed by atoms with Gasteiger partial charge in [0.2, 0.25) is 0 Å². The molecule has 0 unspecified atom stereocenters. The number of carboxylic acids is 1. The number of amides is 1. The molecule has 2 N–H and O–H groups in total. The number of halogens is 1. The lowest BCUT2D eigenvalue weighted by Crippen LogP contribution is -2.30. The molecule has 0 aliphatic rings. The maximum absolute atomic E-state index is 13.3. The molecule has 0 atom stereocenters. The first-order chi connectivity index (χ1) is 16.8. The third-order valence-corrected chi connectivity index (χ3v) is 5.67. The molecule has 0 spiro atoms.